The number of nitrogens with zero attached hydrogens (tertiary/aromatic N) is 2. The largest absolute Gasteiger partial charge is 0.480 e. The van der Waals surface area contributed by atoms with Crippen LogP contribution in [-0.4, -0.2) is 33.0 Å². The quantitative estimate of drug-likeness (QED) is 0.883. The van der Waals surface area contributed by atoms with Crippen LogP contribution in [0.5, 0.6) is 5.88 Å². The fourth-order valence-corrected chi connectivity index (χ4v) is 4.12. The molecule has 1 saturated heterocycles. The normalized spacial score (nSPS) is 14.6. The summed E-state index contributed by atoms with van der Waals surface area (Å²) in [6, 6.07) is 8.20. The number of sulfonamides is 1. The molecule has 25 heavy (non-hydrogen) atoms. The van der Waals surface area contributed by atoms with Crippen molar-refractivity contribution in [2.24, 2.45) is 0 Å². The van der Waals surface area contributed by atoms with Crippen molar-refractivity contribution in [1.29, 1.82) is 0 Å². The van der Waals surface area contributed by atoms with Crippen molar-refractivity contribution < 1.29 is 17.9 Å². The molecule has 8 heteroatoms. The Morgan fingerprint density at radius 3 is 2.76 bits per heavy atom. The lowest BCUT2D eigenvalue weighted by Gasteiger charge is -2.18. The number of ether oxygens (including phenoxy) is 1. The number of pyridine rings is 1. The SMILES string of the molecule is COc1ncccc1NS(=O)(=O)c1cc(N2CCCC2=O)ccc1C. The second-order valence-corrected chi connectivity index (χ2v) is 7.42. The van der Waals surface area contributed by atoms with Gasteiger partial charge in [-0.1, -0.05) is 6.07 Å². The van der Waals surface area contributed by atoms with Gasteiger partial charge in [0.2, 0.25) is 11.8 Å². The molecular formula is C17H19N3O4S. The molecule has 0 radical (unpaired) electrons. The number of anilines is 2. The van der Waals surface area contributed by atoms with E-state index in [1.165, 1.54) is 19.4 Å². The summed E-state index contributed by atoms with van der Waals surface area (Å²) in [4.78, 5) is 17.7. The average Bonchev–Trinajstić information content (AvgIpc) is 3.01. The van der Waals surface area contributed by atoms with Crippen LogP contribution in [0, 0.1) is 6.92 Å². The molecule has 2 aromatic rings. The van der Waals surface area contributed by atoms with Crippen LogP contribution >= 0.6 is 0 Å². The van der Waals surface area contributed by atoms with E-state index in [2.05, 4.69) is 9.71 Å². The van der Waals surface area contributed by atoms with Gasteiger partial charge >= 0.3 is 0 Å². The summed E-state index contributed by atoms with van der Waals surface area (Å²) in [7, 11) is -2.43. The number of carbonyl (C=O) groups is 1. The molecule has 0 spiro atoms. The minimum Gasteiger partial charge on any atom is -0.480 e. The number of nitrogens with one attached hydrogen (secondary N) is 1. The van der Waals surface area contributed by atoms with E-state index in [1.54, 1.807) is 36.1 Å². The number of hydrogen-bond acceptors (Lipinski definition) is 5. The molecule has 1 fully saturated rings. The summed E-state index contributed by atoms with van der Waals surface area (Å²) >= 11 is 0. The van der Waals surface area contributed by atoms with Gasteiger partial charge in [-0.2, -0.15) is 0 Å². The van der Waals surface area contributed by atoms with Crippen molar-refractivity contribution in [3.05, 3.63) is 42.1 Å². The molecule has 1 aliphatic rings. The van der Waals surface area contributed by atoms with E-state index in [4.69, 9.17) is 4.74 Å². The lowest BCUT2D eigenvalue weighted by molar-refractivity contribution is -0.117. The zero-order valence-electron chi connectivity index (χ0n) is 14.0. The Hall–Kier alpha value is -2.61. The third-order valence-electron chi connectivity index (χ3n) is 4.06. The Morgan fingerprint density at radius 2 is 2.08 bits per heavy atom. The van der Waals surface area contributed by atoms with Crippen molar-refractivity contribution in [2.45, 2.75) is 24.7 Å². The summed E-state index contributed by atoms with van der Waals surface area (Å²) in [6.07, 6.45) is 2.78. The number of benzene rings is 1. The number of rotatable bonds is 5. The first-order valence-corrected chi connectivity index (χ1v) is 9.33. The molecule has 1 N–H and O–H groups in total. The van der Waals surface area contributed by atoms with Gasteiger partial charge in [0.1, 0.15) is 5.69 Å². The maximum Gasteiger partial charge on any atom is 0.262 e. The Bertz CT molecular complexity index is 912. The van der Waals surface area contributed by atoms with Crippen molar-refractivity contribution >= 4 is 27.3 Å². The first kappa shape index (κ1) is 17.2. The van der Waals surface area contributed by atoms with Gasteiger partial charge in [-0.15, -0.1) is 0 Å². The highest BCUT2D eigenvalue weighted by atomic mass is 32.2. The number of methoxy groups -OCH3 is 1. The topological polar surface area (TPSA) is 88.6 Å². The van der Waals surface area contributed by atoms with Crippen molar-refractivity contribution in [2.75, 3.05) is 23.3 Å². The minimum absolute atomic E-state index is 0.00842. The van der Waals surface area contributed by atoms with Crippen molar-refractivity contribution in [3.8, 4) is 5.88 Å². The van der Waals surface area contributed by atoms with E-state index in [0.717, 1.165) is 6.42 Å². The predicted octanol–water partition coefficient (Wildman–Crippen LogP) is 2.33. The fraction of sp³-hybridized carbons (Fsp3) is 0.294. The van der Waals surface area contributed by atoms with E-state index >= 15 is 0 Å². The standard InChI is InChI=1S/C17H19N3O4S/c1-12-7-8-13(20-10-4-6-16(20)21)11-15(12)25(22,23)19-14-5-3-9-18-17(14)24-2/h3,5,7-9,11,19H,4,6,10H2,1-2H3. The Morgan fingerprint density at radius 1 is 1.28 bits per heavy atom. The molecule has 1 aromatic carbocycles. The third-order valence-corrected chi connectivity index (χ3v) is 5.56. The molecule has 1 amide bonds. The first-order valence-electron chi connectivity index (χ1n) is 7.85. The van der Waals surface area contributed by atoms with Gasteiger partial charge in [0.15, 0.2) is 0 Å². The second-order valence-electron chi connectivity index (χ2n) is 5.76. The van der Waals surface area contributed by atoms with Crippen LogP contribution in [0.25, 0.3) is 0 Å². The number of aryl methyl sites for hydroxylation is 1. The zero-order valence-corrected chi connectivity index (χ0v) is 14.8. The highest BCUT2D eigenvalue weighted by Crippen LogP contribution is 2.29. The van der Waals surface area contributed by atoms with Gasteiger partial charge in [-0.05, 0) is 43.2 Å². The van der Waals surface area contributed by atoms with Gasteiger partial charge in [0, 0.05) is 24.8 Å². The van der Waals surface area contributed by atoms with Crippen LogP contribution in [-0.2, 0) is 14.8 Å². The molecule has 1 aromatic heterocycles. The highest BCUT2D eigenvalue weighted by Gasteiger charge is 2.25. The van der Waals surface area contributed by atoms with Gasteiger partial charge in [-0.25, -0.2) is 13.4 Å². The summed E-state index contributed by atoms with van der Waals surface area (Å²) < 4.78 is 33.3. The van der Waals surface area contributed by atoms with Crippen LogP contribution < -0.4 is 14.4 Å². The second kappa shape index (κ2) is 6.72. The Balaban J connectivity index is 1.98. The van der Waals surface area contributed by atoms with Crippen LogP contribution in [0.15, 0.2) is 41.4 Å². The van der Waals surface area contributed by atoms with Gasteiger partial charge < -0.3 is 9.64 Å². The maximum absolute atomic E-state index is 12.8. The van der Waals surface area contributed by atoms with E-state index in [9.17, 15) is 13.2 Å². The third kappa shape index (κ3) is 3.43. The average molecular weight is 361 g/mol. The molecule has 3 rings (SSSR count). The summed E-state index contributed by atoms with van der Waals surface area (Å²) in [5.41, 5.74) is 1.43. The fourth-order valence-electron chi connectivity index (χ4n) is 2.80. The molecule has 2 heterocycles. The van der Waals surface area contributed by atoms with Gasteiger partial charge in [0.25, 0.3) is 10.0 Å². The van der Waals surface area contributed by atoms with E-state index in [1.807, 2.05) is 0 Å². The molecule has 0 unspecified atom stereocenters. The number of amides is 1. The van der Waals surface area contributed by atoms with Crippen molar-refractivity contribution in [3.63, 3.8) is 0 Å². The summed E-state index contributed by atoms with van der Waals surface area (Å²) in [6.45, 7) is 2.32. The lowest BCUT2D eigenvalue weighted by Crippen LogP contribution is -2.24. The maximum atomic E-state index is 12.8. The lowest BCUT2D eigenvalue weighted by atomic mass is 10.2. The molecule has 0 bridgehead atoms. The molecule has 7 nitrogen and oxygen atoms in total. The van der Waals surface area contributed by atoms with Crippen molar-refractivity contribution in [1.82, 2.24) is 4.98 Å². The molecule has 132 valence electrons. The van der Waals surface area contributed by atoms with E-state index in [0.29, 0.717) is 24.2 Å². The highest BCUT2D eigenvalue weighted by molar-refractivity contribution is 7.92. The van der Waals surface area contributed by atoms with Crippen LogP contribution in [0.4, 0.5) is 11.4 Å². The minimum atomic E-state index is -3.85. The Kier molecular flexibility index (Phi) is 4.63. The van der Waals surface area contributed by atoms with Crippen LogP contribution in [0.1, 0.15) is 18.4 Å². The van der Waals surface area contributed by atoms with Crippen LogP contribution in [0.2, 0.25) is 0 Å². The molecule has 0 aliphatic carbocycles. The van der Waals surface area contributed by atoms with Gasteiger partial charge in [-0.3, -0.25) is 9.52 Å². The predicted molar refractivity (Wildman–Crippen MR) is 94.4 cm³/mol. The zero-order chi connectivity index (χ0) is 18.0. The number of carbonyl (C=O) groups excluding carboxylic acids is 1. The monoisotopic (exact) mass is 361 g/mol. The first-order chi connectivity index (χ1) is 11.9. The number of hydrogen-bond donors (Lipinski definition) is 1. The molecule has 0 saturated carbocycles. The van der Waals surface area contributed by atoms with E-state index < -0.39 is 10.0 Å². The summed E-state index contributed by atoms with van der Waals surface area (Å²) in [5, 5.41) is 0. The molecular weight excluding hydrogens is 342 g/mol. The summed E-state index contributed by atoms with van der Waals surface area (Å²) in [5.74, 6) is 0.198. The van der Waals surface area contributed by atoms with Gasteiger partial charge in [0.05, 0.1) is 12.0 Å². The molecule has 0 atom stereocenters. The number of aromatic nitrogens is 1. The van der Waals surface area contributed by atoms with Crippen LogP contribution in [0.3, 0.4) is 0 Å². The molecule has 1 aliphatic heterocycles. The smallest absolute Gasteiger partial charge is 0.262 e. The Labute approximate surface area is 146 Å². The van der Waals surface area contributed by atoms with E-state index in [-0.39, 0.29) is 22.4 Å².